The van der Waals surface area contributed by atoms with Crippen LogP contribution in [0.1, 0.15) is 12.5 Å². The summed E-state index contributed by atoms with van der Waals surface area (Å²) >= 11 is 0. The lowest BCUT2D eigenvalue weighted by atomic mass is 9.96. The standard InChI is InChI=1S/C16H18O4/c1-12(14(11-19-2)16(18)20-3)15(17)10-9-13-7-5-4-6-8-13/h4-12H,1-3H3/b10-9+,14-11?/t12-/m1/s1. The predicted octanol–water partition coefficient (Wildman–Crippen LogP) is 2.61. The fourth-order valence-electron chi connectivity index (χ4n) is 1.61. The zero-order chi connectivity index (χ0) is 15.0. The van der Waals surface area contributed by atoms with E-state index in [2.05, 4.69) is 4.74 Å². The van der Waals surface area contributed by atoms with Gasteiger partial charge in [-0.2, -0.15) is 0 Å². The molecule has 1 aromatic carbocycles. The minimum absolute atomic E-state index is 0.192. The van der Waals surface area contributed by atoms with Crippen LogP contribution in [0.2, 0.25) is 0 Å². The summed E-state index contributed by atoms with van der Waals surface area (Å²) in [5, 5.41) is 0. The molecule has 0 unspecified atom stereocenters. The molecule has 1 atom stereocenters. The van der Waals surface area contributed by atoms with E-state index in [9.17, 15) is 9.59 Å². The van der Waals surface area contributed by atoms with Gasteiger partial charge in [0.15, 0.2) is 5.78 Å². The first-order valence-electron chi connectivity index (χ1n) is 6.18. The van der Waals surface area contributed by atoms with Crippen LogP contribution in [-0.4, -0.2) is 26.0 Å². The Labute approximate surface area is 118 Å². The summed E-state index contributed by atoms with van der Waals surface area (Å²) in [6, 6.07) is 9.45. The van der Waals surface area contributed by atoms with E-state index in [1.54, 1.807) is 13.0 Å². The molecule has 0 spiro atoms. The molecule has 0 radical (unpaired) electrons. The van der Waals surface area contributed by atoms with E-state index in [0.29, 0.717) is 0 Å². The summed E-state index contributed by atoms with van der Waals surface area (Å²) in [6.07, 6.45) is 4.40. The van der Waals surface area contributed by atoms with E-state index in [1.165, 1.54) is 26.6 Å². The predicted molar refractivity (Wildman–Crippen MR) is 76.8 cm³/mol. The minimum atomic E-state index is -0.623. The Hall–Kier alpha value is -2.36. The van der Waals surface area contributed by atoms with Crippen LogP contribution < -0.4 is 0 Å². The summed E-state index contributed by atoms with van der Waals surface area (Å²) in [5.41, 5.74) is 1.11. The van der Waals surface area contributed by atoms with Crippen molar-refractivity contribution in [2.75, 3.05) is 14.2 Å². The third-order valence-corrected chi connectivity index (χ3v) is 2.80. The van der Waals surface area contributed by atoms with Gasteiger partial charge in [0.25, 0.3) is 0 Å². The van der Waals surface area contributed by atoms with Gasteiger partial charge in [0, 0.05) is 0 Å². The molecule has 0 saturated carbocycles. The molecule has 0 N–H and O–H groups in total. The lowest BCUT2D eigenvalue weighted by Crippen LogP contribution is -2.19. The van der Waals surface area contributed by atoms with Crippen LogP contribution in [0.3, 0.4) is 0 Å². The number of benzene rings is 1. The Balaban J connectivity index is 2.82. The molecular weight excluding hydrogens is 256 g/mol. The maximum atomic E-state index is 12.1. The summed E-state index contributed by atoms with van der Waals surface area (Å²) < 4.78 is 9.46. The average Bonchev–Trinajstić information content (AvgIpc) is 2.49. The van der Waals surface area contributed by atoms with Gasteiger partial charge in [0.2, 0.25) is 0 Å². The van der Waals surface area contributed by atoms with Crippen molar-refractivity contribution in [1.82, 2.24) is 0 Å². The number of carbonyl (C=O) groups is 2. The molecule has 4 nitrogen and oxygen atoms in total. The minimum Gasteiger partial charge on any atom is -0.504 e. The van der Waals surface area contributed by atoms with Gasteiger partial charge in [-0.05, 0) is 11.6 Å². The van der Waals surface area contributed by atoms with Gasteiger partial charge in [-0.3, -0.25) is 4.79 Å². The Morgan fingerprint density at radius 3 is 2.35 bits per heavy atom. The second-order valence-electron chi connectivity index (χ2n) is 4.17. The fraction of sp³-hybridized carbons (Fsp3) is 0.250. The molecule has 0 aromatic heterocycles. The maximum absolute atomic E-state index is 12.1. The van der Waals surface area contributed by atoms with Crippen LogP contribution in [0.25, 0.3) is 6.08 Å². The van der Waals surface area contributed by atoms with E-state index in [4.69, 9.17) is 4.74 Å². The molecule has 0 aliphatic rings. The van der Waals surface area contributed by atoms with Gasteiger partial charge in [-0.25, -0.2) is 4.79 Å². The van der Waals surface area contributed by atoms with E-state index in [-0.39, 0.29) is 11.4 Å². The van der Waals surface area contributed by atoms with Crippen molar-refractivity contribution < 1.29 is 19.1 Å². The Morgan fingerprint density at radius 1 is 1.15 bits per heavy atom. The number of rotatable bonds is 6. The van der Waals surface area contributed by atoms with Gasteiger partial charge in [-0.1, -0.05) is 43.3 Å². The molecule has 20 heavy (non-hydrogen) atoms. The van der Waals surface area contributed by atoms with Crippen LogP contribution in [0.15, 0.2) is 48.2 Å². The van der Waals surface area contributed by atoms with Crippen LogP contribution in [0.5, 0.6) is 0 Å². The van der Waals surface area contributed by atoms with E-state index < -0.39 is 11.9 Å². The van der Waals surface area contributed by atoms with E-state index >= 15 is 0 Å². The van der Waals surface area contributed by atoms with E-state index in [1.807, 2.05) is 30.3 Å². The van der Waals surface area contributed by atoms with Crippen molar-refractivity contribution in [3.05, 3.63) is 53.8 Å². The number of ether oxygens (including phenoxy) is 2. The number of hydrogen-bond acceptors (Lipinski definition) is 4. The van der Waals surface area contributed by atoms with Gasteiger partial charge >= 0.3 is 5.97 Å². The van der Waals surface area contributed by atoms with Crippen molar-refractivity contribution in [1.29, 1.82) is 0 Å². The first-order chi connectivity index (χ1) is 9.60. The second kappa shape index (κ2) is 7.94. The van der Waals surface area contributed by atoms with Gasteiger partial charge < -0.3 is 9.47 Å². The third kappa shape index (κ3) is 4.39. The van der Waals surface area contributed by atoms with Gasteiger partial charge in [0.05, 0.1) is 32.0 Å². The first kappa shape index (κ1) is 15.7. The molecule has 106 valence electrons. The number of hydrogen-bond donors (Lipinski definition) is 0. The fourth-order valence-corrected chi connectivity index (χ4v) is 1.61. The number of carbonyl (C=O) groups excluding carboxylic acids is 2. The van der Waals surface area contributed by atoms with E-state index in [0.717, 1.165) is 5.56 Å². The lowest BCUT2D eigenvalue weighted by molar-refractivity contribution is -0.137. The third-order valence-electron chi connectivity index (χ3n) is 2.80. The summed E-state index contributed by atoms with van der Waals surface area (Å²) in [7, 11) is 2.68. The summed E-state index contributed by atoms with van der Waals surface area (Å²) in [5.74, 6) is -1.38. The Bertz CT molecular complexity index is 515. The molecule has 0 bridgehead atoms. The van der Waals surface area contributed by atoms with Gasteiger partial charge in [-0.15, -0.1) is 0 Å². The molecule has 1 aromatic rings. The highest BCUT2D eigenvalue weighted by Gasteiger charge is 2.23. The molecule has 0 amide bonds. The molecular formula is C16H18O4. The lowest BCUT2D eigenvalue weighted by Gasteiger charge is -2.10. The van der Waals surface area contributed by atoms with Crippen molar-refractivity contribution in [2.45, 2.75) is 6.92 Å². The Kier molecular flexibility index (Phi) is 6.23. The summed E-state index contributed by atoms with van der Waals surface area (Å²) in [6.45, 7) is 1.64. The van der Waals surface area contributed by atoms with Gasteiger partial charge in [0.1, 0.15) is 0 Å². The Morgan fingerprint density at radius 2 is 1.80 bits per heavy atom. The maximum Gasteiger partial charge on any atom is 0.337 e. The second-order valence-corrected chi connectivity index (χ2v) is 4.17. The molecule has 0 saturated heterocycles. The number of ketones is 1. The monoisotopic (exact) mass is 274 g/mol. The van der Waals surface area contributed by atoms with Crippen molar-refractivity contribution in [2.24, 2.45) is 5.92 Å². The van der Waals surface area contributed by atoms with Crippen LogP contribution in [-0.2, 0) is 19.1 Å². The largest absolute Gasteiger partial charge is 0.504 e. The molecule has 4 heteroatoms. The smallest absolute Gasteiger partial charge is 0.337 e. The van der Waals surface area contributed by atoms with Crippen molar-refractivity contribution in [3.63, 3.8) is 0 Å². The van der Waals surface area contributed by atoms with Crippen molar-refractivity contribution >= 4 is 17.8 Å². The topological polar surface area (TPSA) is 52.6 Å². The van der Waals surface area contributed by atoms with Crippen molar-refractivity contribution in [3.8, 4) is 0 Å². The number of esters is 1. The average molecular weight is 274 g/mol. The van der Waals surface area contributed by atoms with Crippen LogP contribution >= 0.6 is 0 Å². The number of methoxy groups -OCH3 is 2. The highest BCUT2D eigenvalue weighted by molar-refractivity contribution is 6.03. The quantitative estimate of drug-likeness (QED) is 0.454. The SMILES string of the molecule is COC=C(C(=O)OC)[C@@H](C)C(=O)/C=C/c1ccccc1. The molecule has 0 heterocycles. The molecule has 0 fully saturated rings. The van der Waals surface area contributed by atoms with Crippen LogP contribution in [0, 0.1) is 5.92 Å². The number of allylic oxidation sites excluding steroid dienone is 1. The first-order valence-corrected chi connectivity index (χ1v) is 6.18. The normalized spacial score (nSPS) is 13.1. The summed E-state index contributed by atoms with van der Waals surface area (Å²) in [4.78, 5) is 23.6. The highest BCUT2D eigenvalue weighted by atomic mass is 16.5. The molecule has 0 aliphatic heterocycles. The highest BCUT2D eigenvalue weighted by Crippen LogP contribution is 2.15. The van der Waals surface area contributed by atoms with Crippen LogP contribution in [0.4, 0.5) is 0 Å². The zero-order valence-corrected chi connectivity index (χ0v) is 11.8. The molecule has 1 rings (SSSR count). The zero-order valence-electron chi connectivity index (χ0n) is 11.8. The molecule has 0 aliphatic carbocycles.